The Bertz CT molecular complexity index is 1060. The van der Waals surface area contributed by atoms with Gasteiger partial charge in [0.2, 0.25) is 5.95 Å². The second-order valence-electron chi connectivity index (χ2n) is 8.15. The lowest BCUT2D eigenvalue weighted by Gasteiger charge is -2.32. The predicted molar refractivity (Wildman–Crippen MR) is 110 cm³/mol. The molecule has 1 aliphatic carbocycles. The van der Waals surface area contributed by atoms with Crippen LogP contribution in [-0.4, -0.2) is 54.8 Å². The van der Waals surface area contributed by atoms with E-state index in [1.165, 1.54) is 0 Å². The Morgan fingerprint density at radius 3 is 2.67 bits per heavy atom. The molecule has 0 spiro atoms. The highest BCUT2D eigenvalue weighted by Crippen LogP contribution is 2.35. The van der Waals surface area contributed by atoms with E-state index >= 15 is 0 Å². The fourth-order valence-electron chi connectivity index (χ4n) is 3.97. The van der Waals surface area contributed by atoms with Gasteiger partial charge in [-0.3, -0.25) is 9.48 Å². The third kappa shape index (κ3) is 3.67. The lowest BCUT2D eigenvalue weighted by molar-refractivity contribution is 0.0701. The molecule has 9 nitrogen and oxygen atoms in total. The number of likely N-dealkylation sites (tertiary alicyclic amines) is 1. The van der Waals surface area contributed by atoms with E-state index in [0.29, 0.717) is 36.5 Å². The maximum atomic E-state index is 12.8. The summed E-state index contributed by atoms with van der Waals surface area (Å²) in [4.78, 5) is 24.1. The maximum absolute atomic E-state index is 12.8. The lowest BCUT2D eigenvalue weighted by Crippen LogP contribution is -2.39. The fraction of sp³-hybridized carbons (Fsp3) is 0.476. The van der Waals surface area contributed by atoms with Gasteiger partial charge in [-0.2, -0.15) is 5.10 Å². The van der Waals surface area contributed by atoms with Crippen LogP contribution >= 0.6 is 0 Å². The summed E-state index contributed by atoms with van der Waals surface area (Å²) < 4.78 is 7.14. The normalized spacial score (nSPS) is 17.3. The number of anilines is 1. The van der Waals surface area contributed by atoms with E-state index in [0.717, 1.165) is 42.6 Å². The number of amides is 1. The van der Waals surface area contributed by atoms with Crippen molar-refractivity contribution in [2.75, 3.05) is 18.4 Å². The van der Waals surface area contributed by atoms with Gasteiger partial charge >= 0.3 is 0 Å². The number of carbonyl (C=O) groups excluding carboxylic acids is 1. The van der Waals surface area contributed by atoms with Gasteiger partial charge in [0.05, 0.1) is 17.0 Å². The number of nitrogens with zero attached hydrogens (tertiary/aromatic N) is 6. The number of aromatic nitrogens is 5. The zero-order valence-electron chi connectivity index (χ0n) is 17.2. The van der Waals surface area contributed by atoms with Crippen molar-refractivity contribution in [3.05, 3.63) is 41.6 Å². The minimum atomic E-state index is 0.0262. The molecule has 5 rings (SSSR count). The second kappa shape index (κ2) is 7.55. The van der Waals surface area contributed by atoms with E-state index in [9.17, 15) is 4.79 Å². The van der Waals surface area contributed by atoms with Crippen molar-refractivity contribution in [2.45, 2.75) is 44.6 Å². The van der Waals surface area contributed by atoms with E-state index < -0.39 is 0 Å². The van der Waals surface area contributed by atoms with Crippen LogP contribution in [0.15, 0.2) is 29.0 Å². The minimum absolute atomic E-state index is 0.0262. The average molecular weight is 407 g/mol. The molecule has 3 aromatic rings. The van der Waals surface area contributed by atoms with E-state index in [1.807, 2.05) is 24.1 Å². The van der Waals surface area contributed by atoms with Crippen molar-refractivity contribution in [1.82, 2.24) is 29.8 Å². The topological polar surface area (TPSA) is 102 Å². The Morgan fingerprint density at radius 2 is 2.03 bits per heavy atom. The molecule has 1 N–H and O–H groups in total. The Labute approximate surface area is 174 Å². The highest BCUT2D eigenvalue weighted by atomic mass is 16.5. The van der Waals surface area contributed by atoms with Gasteiger partial charge in [-0.1, -0.05) is 5.16 Å². The van der Waals surface area contributed by atoms with Gasteiger partial charge in [-0.15, -0.1) is 0 Å². The van der Waals surface area contributed by atoms with Crippen molar-refractivity contribution in [3.8, 4) is 11.3 Å². The number of hydrogen-bond acceptors (Lipinski definition) is 7. The van der Waals surface area contributed by atoms with E-state index in [-0.39, 0.29) is 11.8 Å². The van der Waals surface area contributed by atoms with Crippen LogP contribution in [0.1, 0.15) is 53.5 Å². The number of aryl methyl sites for hydroxylation is 2. The van der Waals surface area contributed by atoms with Crippen LogP contribution < -0.4 is 5.32 Å². The van der Waals surface area contributed by atoms with Crippen molar-refractivity contribution < 1.29 is 9.32 Å². The largest absolute Gasteiger partial charge is 0.356 e. The molecule has 1 aliphatic heterocycles. The molecule has 0 radical (unpaired) electrons. The fourth-order valence-corrected chi connectivity index (χ4v) is 3.97. The molecule has 0 aromatic carbocycles. The molecule has 4 heterocycles. The smallest absolute Gasteiger partial charge is 0.272 e. The Hall–Kier alpha value is -3.23. The van der Waals surface area contributed by atoms with Gasteiger partial charge in [-0.25, -0.2) is 9.97 Å². The summed E-state index contributed by atoms with van der Waals surface area (Å²) in [7, 11) is 1.79. The second-order valence-corrected chi connectivity index (χ2v) is 8.15. The molecule has 0 bridgehead atoms. The molecule has 1 saturated carbocycles. The zero-order valence-corrected chi connectivity index (χ0v) is 17.2. The van der Waals surface area contributed by atoms with Gasteiger partial charge in [0, 0.05) is 50.6 Å². The number of carbonyl (C=O) groups is 1. The van der Waals surface area contributed by atoms with Crippen LogP contribution in [0.4, 0.5) is 5.95 Å². The Balaban J connectivity index is 1.37. The van der Waals surface area contributed by atoms with Crippen molar-refractivity contribution in [2.24, 2.45) is 7.05 Å². The van der Waals surface area contributed by atoms with Gasteiger partial charge in [0.15, 0.2) is 5.76 Å². The third-order valence-electron chi connectivity index (χ3n) is 5.83. The first-order valence-electron chi connectivity index (χ1n) is 10.4. The van der Waals surface area contributed by atoms with Crippen molar-refractivity contribution in [3.63, 3.8) is 0 Å². The van der Waals surface area contributed by atoms with Crippen LogP contribution in [0.5, 0.6) is 0 Å². The molecule has 9 heteroatoms. The first-order chi connectivity index (χ1) is 14.6. The molecular weight excluding hydrogens is 382 g/mol. The lowest BCUT2D eigenvalue weighted by atomic mass is 9.90. The molecule has 3 aromatic heterocycles. The summed E-state index contributed by atoms with van der Waals surface area (Å²) in [6.45, 7) is 3.26. The van der Waals surface area contributed by atoms with Crippen LogP contribution in [0.2, 0.25) is 0 Å². The summed E-state index contributed by atoms with van der Waals surface area (Å²) in [5.74, 6) is 1.61. The molecule has 2 aliphatic rings. The van der Waals surface area contributed by atoms with E-state index in [1.54, 1.807) is 24.0 Å². The van der Waals surface area contributed by atoms with Crippen LogP contribution in [0.3, 0.4) is 0 Å². The monoisotopic (exact) mass is 407 g/mol. The molecule has 0 unspecified atom stereocenters. The zero-order chi connectivity index (χ0) is 20.7. The summed E-state index contributed by atoms with van der Waals surface area (Å²) >= 11 is 0. The summed E-state index contributed by atoms with van der Waals surface area (Å²) in [5, 5.41) is 11.5. The van der Waals surface area contributed by atoms with Gasteiger partial charge in [-0.05, 0) is 38.7 Å². The SMILES string of the molecule is Cc1cc(-c2cnc(NC3CC3)nc2C2CCN(C(=O)c3ccnn3C)CC2)on1. The minimum Gasteiger partial charge on any atom is -0.356 e. The first-order valence-corrected chi connectivity index (χ1v) is 10.4. The number of nitrogens with one attached hydrogen (secondary N) is 1. The van der Waals surface area contributed by atoms with Crippen LogP contribution in [0.25, 0.3) is 11.3 Å². The third-order valence-corrected chi connectivity index (χ3v) is 5.83. The van der Waals surface area contributed by atoms with Crippen LogP contribution in [-0.2, 0) is 7.05 Å². The Kier molecular flexibility index (Phi) is 4.72. The molecular formula is C21H25N7O2. The van der Waals surface area contributed by atoms with Crippen LogP contribution in [0, 0.1) is 6.92 Å². The maximum Gasteiger partial charge on any atom is 0.272 e. The van der Waals surface area contributed by atoms with E-state index in [2.05, 4.69) is 20.6 Å². The van der Waals surface area contributed by atoms with E-state index in [4.69, 9.17) is 9.51 Å². The summed E-state index contributed by atoms with van der Waals surface area (Å²) in [6.07, 6.45) is 7.49. The van der Waals surface area contributed by atoms with Gasteiger partial charge in [0.1, 0.15) is 5.69 Å². The number of piperidine rings is 1. The number of hydrogen-bond donors (Lipinski definition) is 1. The highest BCUT2D eigenvalue weighted by Gasteiger charge is 2.30. The summed E-state index contributed by atoms with van der Waals surface area (Å²) in [5.41, 5.74) is 3.29. The Morgan fingerprint density at radius 1 is 1.23 bits per heavy atom. The number of rotatable bonds is 5. The highest BCUT2D eigenvalue weighted by molar-refractivity contribution is 5.92. The van der Waals surface area contributed by atoms with Crippen molar-refractivity contribution in [1.29, 1.82) is 0 Å². The van der Waals surface area contributed by atoms with Gasteiger partial charge < -0.3 is 14.7 Å². The van der Waals surface area contributed by atoms with Crippen molar-refractivity contribution >= 4 is 11.9 Å². The molecule has 0 atom stereocenters. The standard InChI is InChI=1S/C21H25N7O2/c1-13-11-18(30-26-13)16-12-22-21(24-15-3-4-15)25-19(16)14-6-9-28(10-7-14)20(29)17-5-8-23-27(17)2/h5,8,11-12,14-15H,3-4,6-7,9-10H2,1-2H3,(H,22,24,25). The average Bonchev–Trinajstić information content (AvgIpc) is 3.30. The quantitative estimate of drug-likeness (QED) is 0.694. The predicted octanol–water partition coefficient (Wildman–Crippen LogP) is 2.77. The molecule has 1 saturated heterocycles. The summed E-state index contributed by atoms with van der Waals surface area (Å²) in [6, 6.07) is 4.16. The molecule has 156 valence electrons. The molecule has 1 amide bonds. The molecule has 2 fully saturated rings. The first kappa shape index (κ1) is 18.8. The van der Waals surface area contributed by atoms with Gasteiger partial charge in [0.25, 0.3) is 5.91 Å². The molecule has 30 heavy (non-hydrogen) atoms.